The van der Waals surface area contributed by atoms with Gasteiger partial charge in [-0.25, -0.2) is 14.8 Å². The van der Waals surface area contributed by atoms with E-state index in [9.17, 15) is 4.79 Å². The van der Waals surface area contributed by atoms with E-state index >= 15 is 0 Å². The predicted molar refractivity (Wildman–Crippen MR) is 78.3 cm³/mol. The lowest BCUT2D eigenvalue weighted by Crippen LogP contribution is -2.24. The quantitative estimate of drug-likeness (QED) is 0.871. The molecule has 108 valence electrons. The molecule has 0 bridgehead atoms. The van der Waals surface area contributed by atoms with Gasteiger partial charge in [-0.15, -0.1) is 0 Å². The molecule has 0 aliphatic carbocycles. The minimum Gasteiger partial charge on any atom is -0.462 e. The Kier molecular flexibility index (Phi) is 3.68. The molecule has 1 aromatic carbocycles. The van der Waals surface area contributed by atoms with Crippen molar-refractivity contribution < 1.29 is 9.53 Å². The summed E-state index contributed by atoms with van der Waals surface area (Å²) in [5.41, 5.74) is 1.51. The fourth-order valence-electron chi connectivity index (χ4n) is 2.25. The van der Waals surface area contributed by atoms with Gasteiger partial charge >= 0.3 is 5.97 Å². The number of nitrogens with zero attached hydrogens (tertiary/aromatic N) is 3. The second kappa shape index (κ2) is 5.78. The van der Waals surface area contributed by atoms with Crippen LogP contribution in [0.4, 0.5) is 11.5 Å². The number of hydrogen-bond acceptors (Lipinski definition) is 5. The second-order valence-electron chi connectivity index (χ2n) is 4.58. The summed E-state index contributed by atoms with van der Waals surface area (Å²) >= 11 is 0. The molecule has 0 atom stereocenters. The minimum absolute atomic E-state index is 0.317. The Labute approximate surface area is 122 Å². The monoisotopic (exact) mass is 284 g/mol. The fraction of sp³-hybridized carbons (Fsp3) is 0.267. The molecule has 0 unspecified atom stereocenters. The maximum atomic E-state index is 12.2. The van der Waals surface area contributed by atoms with Crippen molar-refractivity contribution in [3.63, 3.8) is 0 Å². The first-order chi connectivity index (χ1) is 10.3. The summed E-state index contributed by atoms with van der Waals surface area (Å²) in [5, 5.41) is 3.20. The van der Waals surface area contributed by atoms with Crippen LogP contribution >= 0.6 is 0 Å². The molecule has 0 saturated carbocycles. The molecule has 1 N–H and O–H groups in total. The van der Waals surface area contributed by atoms with E-state index in [1.54, 1.807) is 13.3 Å². The van der Waals surface area contributed by atoms with Gasteiger partial charge in [0.05, 0.1) is 18.6 Å². The average Bonchev–Trinajstić information content (AvgIpc) is 2.96. The molecule has 1 aromatic heterocycles. The van der Waals surface area contributed by atoms with Crippen LogP contribution in [-0.2, 0) is 11.3 Å². The third-order valence-electron chi connectivity index (χ3n) is 3.18. The fourth-order valence-corrected chi connectivity index (χ4v) is 2.25. The number of carbonyl (C=O) groups is 1. The summed E-state index contributed by atoms with van der Waals surface area (Å²) in [6.45, 7) is 3.64. The first-order valence-electron chi connectivity index (χ1n) is 6.90. The van der Waals surface area contributed by atoms with Crippen LogP contribution in [0.2, 0.25) is 0 Å². The number of fused-ring (bicyclic) bond motifs is 1. The first kappa shape index (κ1) is 13.4. The van der Waals surface area contributed by atoms with Gasteiger partial charge in [0.25, 0.3) is 0 Å². The molecule has 0 fully saturated rings. The lowest BCUT2D eigenvalue weighted by atomic mass is 10.3. The van der Waals surface area contributed by atoms with Crippen LogP contribution in [0.5, 0.6) is 0 Å². The number of benzene rings is 1. The first-order valence-corrected chi connectivity index (χ1v) is 6.90. The van der Waals surface area contributed by atoms with Crippen molar-refractivity contribution in [2.75, 3.05) is 18.5 Å². The molecule has 21 heavy (non-hydrogen) atoms. The Bertz CT molecular complexity index is 722. The van der Waals surface area contributed by atoms with E-state index in [2.05, 4.69) is 15.3 Å². The number of aromatic nitrogens is 2. The molecular weight excluding hydrogens is 268 g/mol. The highest BCUT2D eigenvalue weighted by molar-refractivity contribution is 5.94. The Morgan fingerprint density at radius 3 is 3.00 bits per heavy atom. The van der Waals surface area contributed by atoms with Crippen molar-refractivity contribution in [3.05, 3.63) is 47.7 Å². The Balaban J connectivity index is 2.17. The Morgan fingerprint density at radius 2 is 2.24 bits per heavy atom. The van der Waals surface area contributed by atoms with E-state index in [-0.39, 0.29) is 0 Å². The number of rotatable bonds is 3. The molecule has 0 saturated heterocycles. The standard InChI is InChI=1S/C15H16N4O2/c1-2-21-15(20)12-13(18-11-6-4-3-5-7-11)17-10-19-9-8-16-14(12)19/h3-7,10,16H,2,8-9H2,1H3. The molecule has 2 aromatic rings. The lowest BCUT2D eigenvalue weighted by Gasteiger charge is -2.09. The van der Waals surface area contributed by atoms with Gasteiger partial charge in [0.2, 0.25) is 0 Å². The summed E-state index contributed by atoms with van der Waals surface area (Å²) in [5.74, 6) is 0.316. The van der Waals surface area contributed by atoms with Crippen molar-refractivity contribution in [2.24, 2.45) is 4.99 Å². The molecule has 1 aliphatic heterocycles. The summed E-state index contributed by atoms with van der Waals surface area (Å²) in [7, 11) is 0. The van der Waals surface area contributed by atoms with Crippen molar-refractivity contribution in [1.29, 1.82) is 0 Å². The number of ether oxygens (including phenoxy) is 1. The zero-order chi connectivity index (χ0) is 14.7. The largest absolute Gasteiger partial charge is 0.462 e. The molecule has 3 rings (SSSR count). The van der Waals surface area contributed by atoms with Crippen molar-refractivity contribution in [1.82, 2.24) is 9.55 Å². The van der Waals surface area contributed by atoms with E-state index in [0.717, 1.165) is 24.6 Å². The predicted octanol–water partition coefficient (Wildman–Crippen LogP) is 1.72. The smallest absolute Gasteiger partial charge is 0.345 e. The second-order valence-corrected chi connectivity index (χ2v) is 4.58. The highest BCUT2D eigenvalue weighted by Crippen LogP contribution is 2.17. The summed E-state index contributed by atoms with van der Waals surface area (Å²) in [6.07, 6.45) is 1.69. The Morgan fingerprint density at radius 1 is 1.43 bits per heavy atom. The molecule has 6 heteroatoms. The topological polar surface area (TPSA) is 68.5 Å². The van der Waals surface area contributed by atoms with Gasteiger partial charge in [-0.2, -0.15) is 0 Å². The number of nitrogens with one attached hydrogen (secondary N) is 1. The number of esters is 1. The summed E-state index contributed by atoms with van der Waals surface area (Å²) in [4.78, 5) is 21.0. The zero-order valence-electron chi connectivity index (χ0n) is 11.7. The normalized spacial score (nSPS) is 13.7. The molecule has 6 nitrogen and oxygen atoms in total. The highest BCUT2D eigenvalue weighted by Gasteiger charge is 2.22. The van der Waals surface area contributed by atoms with E-state index in [1.807, 2.05) is 34.9 Å². The number of para-hydroxylation sites is 1. The van der Waals surface area contributed by atoms with Crippen molar-refractivity contribution in [2.45, 2.75) is 13.5 Å². The molecule has 2 heterocycles. The SMILES string of the molecule is CCOC(=O)c1c2n(cnc1=Nc1ccccc1)CCN2. The van der Waals surface area contributed by atoms with Crippen LogP contribution in [-0.4, -0.2) is 28.7 Å². The maximum absolute atomic E-state index is 12.2. The number of hydrogen-bond donors (Lipinski definition) is 1. The van der Waals surface area contributed by atoms with Crippen LogP contribution in [0.25, 0.3) is 0 Å². The number of anilines is 1. The number of carbonyl (C=O) groups excluding carboxylic acids is 1. The third-order valence-corrected chi connectivity index (χ3v) is 3.18. The van der Waals surface area contributed by atoms with E-state index in [4.69, 9.17) is 4.74 Å². The summed E-state index contributed by atoms with van der Waals surface area (Å²) in [6, 6.07) is 9.43. The van der Waals surface area contributed by atoms with Crippen molar-refractivity contribution in [3.8, 4) is 0 Å². The van der Waals surface area contributed by atoms with Gasteiger partial charge in [-0.3, -0.25) is 0 Å². The zero-order valence-corrected chi connectivity index (χ0v) is 11.7. The van der Waals surface area contributed by atoms with Gasteiger partial charge in [0.1, 0.15) is 11.4 Å². The van der Waals surface area contributed by atoms with Gasteiger partial charge in [-0.05, 0) is 19.1 Å². The van der Waals surface area contributed by atoms with Crippen LogP contribution in [0.15, 0.2) is 41.7 Å². The van der Waals surface area contributed by atoms with Gasteiger partial charge in [0, 0.05) is 13.1 Å². The van der Waals surface area contributed by atoms with Gasteiger partial charge in [-0.1, -0.05) is 18.2 Å². The van der Waals surface area contributed by atoms with Crippen LogP contribution in [0.3, 0.4) is 0 Å². The molecule has 0 amide bonds. The van der Waals surface area contributed by atoms with Gasteiger partial charge < -0.3 is 14.6 Å². The highest BCUT2D eigenvalue weighted by atomic mass is 16.5. The molecule has 0 spiro atoms. The maximum Gasteiger partial charge on any atom is 0.345 e. The van der Waals surface area contributed by atoms with E-state index in [0.29, 0.717) is 17.7 Å². The average molecular weight is 284 g/mol. The Hall–Kier alpha value is -2.63. The molecule has 0 radical (unpaired) electrons. The lowest BCUT2D eigenvalue weighted by molar-refractivity contribution is 0.0524. The third kappa shape index (κ3) is 2.65. The summed E-state index contributed by atoms with van der Waals surface area (Å²) < 4.78 is 7.04. The van der Waals surface area contributed by atoms with E-state index < -0.39 is 5.97 Å². The van der Waals surface area contributed by atoms with Gasteiger partial charge in [0.15, 0.2) is 5.49 Å². The van der Waals surface area contributed by atoms with E-state index in [1.165, 1.54) is 0 Å². The minimum atomic E-state index is -0.404. The molecular formula is C15H16N4O2. The molecule has 1 aliphatic rings. The van der Waals surface area contributed by atoms with Crippen molar-refractivity contribution >= 4 is 17.5 Å². The van der Waals surface area contributed by atoms with Crippen LogP contribution in [0.1, 0.15) is 17.3 Å². The van der Waals surface area contributed by atoms with Crippen LogP contribution in [0, 0.1) is 0 Å². The van der Waals surface area contributed by atoms with Crippen LogP contribution < -0.4 is 10.8 Å².